The van der Waals surface area contributed by atoms with Crippen LogP contribution in [0.15, 0.2) is 0 Å². The van der Waals surface area contributed by atoms with E-state index in [1.165, 1.54) is 25.7 Å². The van der Waals surface area contributed by atoms with Crippen molar-refractivity contribution in [3.8, 4) is 0 Å². The van der Waals surface area contributed by atoms with Crippen molar-refractivity contribution >= 4 is 6.09 Å². The van der Waals surface area contributed by atoms with E-state index in [0.29, 0.717) is 4.05 Å². The summed E-state index contributed by atoms with van der Waals surface area (Å²) in [5, 5.41) is 0. The first-order valence-corrected chi connectivity index (χ1v) is 9.73. The van der Waals surface area contributed by atoms with Crippen LogP contribution in [-0.4, -0.2) is 58.8 Å². The number of hydrogen-bond donors (Lipinski definition) is 0. The normalized spacial score (nSPS) is 33.9. The van der Waals surface area contributed by atoms with Crippen LogP contribution in [0.25, 0.3) is 0 Å². The first-order chi connectivity index (χ1) is 9.75. The zero-order chi connectivity index (χ0) is 14.0. The number of ether oxygens (including phenoxy) is 1. The third-order valence-electron chi connectivity index (χ3n) is 4.83. The average Bonchev–Trinajstić information content (AvgIpc) is 3.13. The van der Waals surface area contributed by atoms with Crippen LogP contribution in [0.2, 0.25) is 0 Å². The molecule has 0 bridgehead atoms. The molecule has 6 heteroatoms. The summed E-state index contributed by atoms with van der Waals surface area (Å²) in [4.78, 5) is 16.4. The molecule has 3 aliphatic heterocycles. The number of rotatable bonds is 4. The molecule has 1 amide bonds. The zero-order valence-electron chi connectivity index (χ0n) is 12.1. The quantitative estimate of drug-likeness (QED) is 0.342. The van der Waals surface area contributed by atoms with Crippen LogP contribution in [0.1, 0.15) is 38.5 Å². The van der Waals surface area contributed by atoms with Gasteiger partial charge in [-0.1, -0.05) is 0 Å². The number of methoxy groups -OCH3 is 1. The molecule has 0 N–H and O–H groups in total. The van der Waals surface area contributed by atoms with Gasteiger partial charge in [-0.15, -0.1) is 0 Å². The summed E-state index contributed by atoms with van der Waals surface area (Å²) in [6.07, 6.45) is 7.04. The molecule has 3 heterocycles. The topological polar surface area (TPSA) is 42.0 Å². The Kier molecular flexibility index (Phi) is 4.72. The van der Waals surface area contributed by atoms with E-state index in [9.17, 15) is 4.79 Å². The molecule has 0 aromatic heterocycles. The summed E-state index contributed by atoms with van der Waals surface area (Å²) in [7, 11) is 1.79. The minimum absolute atomic E-state index is 0.0706. The molecule has 3 saturated heterocycles. The molecule has 0 aromatic carbocycles. The molecule has 0 aromatic rings. The predicted molar refractivity (Wildman–Crippen MR) is 70.9 cm³/mol. The Balaban J connectivity index is 1.52. The number of fused-ring (bicyclic) bond motifs is 1. The fourth-order valence-electron chi connectivity index (χ4n) is 3.84. The third-order valence-corrected chi connectivity index (χ3v) is 7.34. The van der Waals surface area contributed by atoms with Gasteiger partial charge >= 0.3 is 132 Å². The van der Waals surface area contributed by atoms with E-state index in [1.807, 2.05) is 4.90 Å². The van der Waals surface area contributed by atoms with E-state index in [2.05, 4.69) is 4.90 Å². The molecule has 20 heavy (non-hydrogen) atoms. The number of alkyl halides is 1. The van der Waals surface area contributed by atoms with Crippen LogP contribution in [0, 0.1) is 0 Å². The van der Waals surface area contributed by atoms with Crippen LogP contribution in [-0.2, 0) is 7.80 Å². The molecular weight excluding hydrogens is 371 g/mol. The van der Waals surface area contributed by atoms with E-state index >= 15 is 0 Å². The number of nitrogens with zero attached hydrogens (tertiary/aromatic N) is 2. The van der Waals surface area contributed by atoms with Gasteiger partial charge in [0.25, 0.3) is 0 Å². The van der Waals surface area contributed by atoms with Gasteiger partial charge in [-0.3, -0.25) is 0 Å². The van der Waals surface area contributed by atoms with Crippen molar-refractivity contribution in [2.75, 3.05) is 33.4 Å². The molecule has 0 spiro atoms. The van der Waals surface area contributed by atoms with Gasteiger partial charge in [-0.05, 0) is 0 Å². The second kappa shape index (κ2) is 6.36. The van der Waals surface area contributed by atoms with E-state index in [0.717, 1.165) is 39.1 Å². The van der Waals surface area contributed by atoms with Gasteiger partial charge in [0.05, 0.1) is 0 Å². The Morgan fingerprint density at radius 2 is 2.05 bits per heavy atom. The van der Waals surface area contributed by atoms with Gasteiger partial charge in [-0.25, -0.2) is 0 Å². The number of amides is 1. The summed E-state index contributed by atoms with van der Waals surface area (Å²) in [5.74, 6) is 0. The third kappa shape index (κ3) is 2.78. The number of carbonyl (C=O) groups excluding carboxylic acids is 1. The summed E-state index contributed by atoms with van der Waals surface area (Å²) in [5.41, 5.74) is 0.249. The van der Waals surface area contributed by atoms with Crippen LogP contribution < -0.4 is 21.6 Å². The van der Waals surface area contributed by atoms with Gasteiger partial charge in [0.2, 0.25) is 0 Å². The Labute approximate surface area is 131 Å². The fourth-order valence-corrected chi connectivity index (χ4v) is 6.33. The SMILES string of the molecule is COC[C@]12CCCN1[C@@H]([I-]OC(=O)N1CCCC1)CC2. The molecule has 2 atom stereocenters. The number of carbonyl (C=O) groups is 1. The Bertz CT molecular complexity index is 362. The van der Waals surface area contributed by atoms with Crippen LogP contribution in [0.5, 0.6) is 0 Å². The van der Waals surface area contributed by atoms with Gasteiger partial charge in [0, 0.05) is 0 Å². The number of likely N-dealkylation sites (tertiary alicyclic amines) is 1. The van der Waals surface area contributed by atoms with Gasteiger partial charge < -0.3 is 0 Å². The van der Waals surface area contributed by atoms with Crippen LogP contribution >= 0.6 is 0 Å². The van der Waals surface area contributed by atoms with Crippen LogP contribution in [0.3, 0.4) is 0 Å². The van der Waals surface area contributed by atoms with Crippen molar-refractivity contribution in [3.05, 3.63) is 0 Å². The molecule has 5 nitrogen and oxygen atoms in total. The molecule has 116 valence electrons. The molecule has 3 fully saturated rings. The van der Waals surface area contributed by atoms with Gasteiger partial charge in [0.15, 0.2) is 0 Å². The molecule has 0 aliphatic carbocycles. The first kappa shape index (κ1) is 14.8. The summed E-state index contributed by atoms with van der Waals surface area (Å²) < 4.78 is 11.6. The molecule has 3 aliphatic rings. The van der Waals surface area contributed by atoms with E-state index in [-0.39, 0.29) is 11.6 Å². The van der Waals surface area contributed by atoms with Gasteiger partial charge in [-0.2, -0.15) is 0 Å². The maximum absolute atomic E-state index is 12.0. The van der Waals surface area contributed by atoms with Crippen molar-refractivity contribution in [1.82, 2.24) is 9.80 Å². The standard InChI is InChI=1S/C14H24IN2O3/c1-19-11-14-6-4-10-17(14)12(5-7-14)15-20-13(18)16-8-2-3-9-16/h12H,2-11H2,1H3/q-1/t12-,14-/m1/s1. The number of halogens is 1. The van der Waals surface area contributed by atoms with Crippen LogP contribution in [0.4, 0.5) is 4.79 Å². The van der Waals surface area contributed by atoms with E-state index in [1.54, 1.807) is 7.11 Å². The van der Waals surface area contributed by atoms with E-state index in [4.69, 9.17) is 7.80 Å². The monoisotopic (exact) mass is 395 g/mol. The first-order valence-electron chi connectivity index (χ1n) is 7.60. The van der Waals surface area contributed by atoms with Crippen molar-refractivity contribution in [2.45, 2.75) is 48.1 Å². The molecule has 0 radical (unpaired) electrons. The number of hydrogen-bond acceptors (Lipinski definition) is 4. The summed E-state index contributed by atoms with van der Waals surface area (Å²) in [6, 6.07) is 0. The molecule has 0 unspecified atom stereocenters. The fraction of sp³-hybridized carbons (Fsp3) is 0.929. The molecule has 3 rings (SSSR count). The molecule has 0 saturated carbocycles. The van der Waals surface area contributed by atoms with Crippen molar-refractivity contribution in [2.24, 2.45) is 0 Å². The summed E-state index contributed by atoms with van der Waals surface area (Å²) in [6.45, 7) is 3.73. The maximum atomic E-state index is 12.0. The van der Waals surface area contributed by atoms with Crippen molar-refractivity contribution in [1.29, 1.82) is 0 Å². The average molecular weight is 395 g/mol. The van der Waals surface area contributed by atoms with Crippen molar-refractivity contribution < 1.29 is 34.2 Å². The zero-order valence-corrected chi connectivity index (χ0v) is 14.3. The summed E-state index contributed by atoms with van der Waals surface area (Å²) >= 11 is -0.535. The van der Waals surface area contributed by atoms with Gasteiger partial charge in [0.1, 0.15) is 0 Å². The molecular formula is C14H24IN2O3-. The second-order valence-electron chi connectivity index (χ2n) is 6.05. The Morgan fingerprint density at radius 3 is 2.80 bits per heavy atom. The predicted octanol–water partition coefficient (Wildman–Crippen LogP) is -1.18. The Morgan fingerprint density at radius 1 is 1.25 bits per heavy atom. The minimum atomic E-state index is -0.535. The van der Waals surface area contributed by atoms with Crippen molar-refractivity contribution in [3.63, 3.8) is 0 Å². The Hall–Kier alpha value is -0.0800. The van der Waals surface area contributed by atoms with E-state index < -0.39 is 21.6 Å². The second-order valence-corrected chi connectivity index (χ2v) is 8.44.